The van der Waals surface area contributed by atoms with E-state index in [1.54, 1.807) is 6.92 Å². The number of hydrogen-bond acceptors (Lipinski definition) is 7. The smallest absolute Gasteiger partial charge is 0.326 e. The lowest BCUT2D eigenvalue weighted by Gasteiger charge is -2.14. The minimum absolute atomic E-state index is 0.118. The highest BCUT2D eigenvalue weighted by Crippen LogP contribution is 2.31. The van der Waals surface area contributed by atoms with E-state index in [0.29, 0.717) is 0 Å². The molecule has 0 fully saturated rings. The van der Waals surface area contributed by atoms with Crippen LogP contribution in [0.2, 0.25) is 0 Å². The number of esters is 1. The third-order valence-electron chi connectivity index (χ3n) is 2.37. The van der Waals surface area contributed by atoms with Crippen LogP contribution in [0.5, 0.6) is 11.5 Å². The van der Waals surface area contributed by atoms with Crippen molar-refractivity contribution in [2.75, 3.05) is 20.3 Å². The first kappa shape index (κ1) is 15.7. The lowest BCUT2D eigenvalue weighted by Crippen LogP contribution is -2.37. The Morgan fingerprint density at radius 1 is 1.45 bits per heavy atom. The van der Waals surface area contributed by atoms with Crippen molar-refractivity contribution >= 4 is 11.7 Å². The maximum absolute atomic E-state index is 11.3. The van der Waals surface area contributed by atoms with Gasteiger partial charge in [0, 0.05) is 6.07 Å². The SMILES string of the molecule is CCOC(=O)C(N)COc1ccc([N+](=O)[O-])cc1OC. The molecule has 110 valence electrons. The lowest BCUT2D eigenvalue weighted by molar-refractivity contribution is -0.385. The molecule has 0 radical (unpaired) electrons. The standard InChI is InChI=1S/C12H16N2O6/c1-3-19-12(15)9(13)7-20-10-5-4-8(14(16)17)6-11(10)18-2/h4-6,9H,3,7,13H2,1-2H3. The molecular weight excluding hydrogens is 268 g/mol. The minimum atomic E-state index is -0.935. The second-order valence-electron chi connectivity index (χ2n) is 3.76. The molecule has 0 aliphatic heterocycles. The van der Waals surface area contributed by atoms with Crippen molar-refractivity contribution in [1.82, 2.24) is 0 Å². The number of nitro benzene ring substituents is 1. The van der Waals surface area contributed by atoms with Crippen molar-refractivity contribution in [1.29, 1.82) is 0 Å². The quantitative estimate of drug-likeness (QED) is 0.449. The summed E-state index contributed by atoms with van der Waals surface area (Å²) in [6.45, 7) is 1.78. The third-order valence-corrected chi connectivity index (χ3v) is 2.37. The summed E-state index contributed by atoms with van der Waals surface area (Å²) in [7, 11) is 1.36. The number of carbonyl (C=O) groups is 1. The van der Waals surface area contributed by atoms with E-state index in [4.69, 9.17) is 19.9 Å². The van der Waals surface area contributed by atoms with Gasteiger partial charge in [-0.1, -0.05) is 0 Å². The molecule has 0 aliphatic carbocycles. The van der Waals surface area contributed by atoms with Gasteiger partial charge in [0.1, 0.15) is 12.6 Å². The molecule has 1 atom stereocenters. The molecule has 0 heterocycles. The van der Waals surface area contributed by atoms with Crippen molar-refractivity contribution in [3.8, 4) is 11.5 Å². The van der Waals surface area contributed by atoms with Gasteiger partial charge in [0.15, 0.2) is 11.5 Å². The first-order valence-electron chi connectivity index (χ1n) is 5.87. The van der Waals surface area contributed by atoms with Crippen molar-refractivity contribution in [2.45, 2.75) is 13.0 Å². The topological polar surface area (TPSA) is 114 Å². The molecule has 1 rings (SSSR count). The number of hydrogen-bond donors (Lipinski definition) is 1. The molecule has 8 nitrogen and oxygen atoms in total. The van der Waals surface area contributed by atoms with Crippen LogP contribution in [-0.2, 0) is 9.53 Å². The van der Waals surface area contributed by atoms with E-state index >= 15 is 0 Å². The van der Waals surface area contributed by atoms with Crippen LogP contribution in [0.15, 0.2) is 18.2 Å². The van der Waals surface area contributed by atoms with Gasteiger partial charge in [-0.25, -0.2) is 0 Å². The van der Waals surface area contributed by atoms with Crippen molar-refractivity contribution < 1.29 is 23.9 Å². The fraction of sp³-hybridized carbons (Fsp3) is 0.417. The normalized spacial score (nSPS) is 11.6. The summed E-state index contributed by atoms with van der Waals surface area (Å²) in [5, 5.41) is 10.6. The number of rotatable bonds is 7. The Bertz CT molecular complexity index is 491. The van der Waals surface area contributed by atoms with Gasteiger partial charge >= 0.3 is 5.97 Å². The lowest BCUT2D eigenvalue weighted by atomic mass is 10.2. The van der Waals surface area contributed by atoms with Crippen molar-refractivity contribution in [3.63, 3.8) is 0 Å². The molecule has 1 aromatic carbocycles. The molecule has 0 saturated heterocycles. The van der Waals surface area contributed by atoms with E-state index in [2.05, 4.69) is 0 Å². The molecule has 0 bridgehead atoms. The fourth-order valence-electron chi connectivity index (χ4n) is 1.39. The van der Waals surface area contributed by atoms with E-state index < -0.39 is 16.9 Å². The number of methoxy groups -OCH3 is 1. The summed E-state index contributed by atoms with van der Waals surface area (Å²) in [4.78, 5) is 21.4. The van der Waals surface area contributed by atoms with Crippen LogP contribution in [0.1, 0.15) is 6.92 Å². The molecule has 20 heavy (non-hydrogen) atoms. The Hall–Kier alpha value is -2.35. The highest BCUT2D eigenvalue weighted by Gasteiger charge is 2.17. The summed E-state index contributed by atoms with van der Waals surface area (Å²) in [6.07, 6.45) is 0. The number of carbonyl (C=O) groups excluding carboxylic acids is 1. The second kappa shape index (κ2) is 7.29. The van der Waals surface area contributed by atoms with Gasteiger partial charge in [-0.05, 0) is 13.0 Å². The first-order chi connectivity index (χ1) is 9.49. The molecule has 0 amide bonds. The minimum Gasteiger partial charge on any atom is -0.493 e. The Labute approximate surface area is 115 Å². The van der Waals surface area contributed by atoms with Crippen LogP contribution in [0.4, 0.5) is 5.69 Å². The summed E-state index contributed by atoms with van der Waals surface area (Å²) in [6, 6.07) is 2.95. The fourth-order valence-corrected chi connectivity index (χ4v) is 1.39. The molecular formula is C12H16N2O6. The van der Waals surface area contributed by atoms with Gasteiger partial charge in [-0.3, -0.25) is 14.9 Å². The average Bonchev–Trinajstić information content (AvgIpc) is 2.44. The van der Waals surface area contributed by atoms with Gasteiger partial charge in [0.2, 0.25) is 0 Å². The summed E-state index contributed by atoms with van der Waals surface area (Å²) in [5.74, 6) is -0.124. The molecule has 0 aromatic heterocycles. The largest absolute Gasteiger partial charge is 0.493 e. The number of nitrogens with zero attached hydrogens (tertiary/aromatic N) is 1. The van der Waals surface area contributed by atoms with Gasteiger partial charge in [0.05, 0.1) is 24.7 Å². The highest BCUT2D eigenvalue weighted by molar-refractivity contribution is 5.75. The summed E-state index contributed by atoms with van der Waals surface area (Å²) in [5.41, 5.74) is 5.45. The maximum atomic E-state index is 11.3. The van der Waals surface area contributed by atoms with Crippen LogP contribution < -0.4 is 15.2 Å². The zero-order valence-corrected chi connectivity index (χ0v) is 11.2. The summed E-state index contributed by atoms with van der Waals surface area (Å²) >= 11 is 0. The predicted molar refractivity (Wildman–Crippen MR) is 69.8 cm³/mol. The molecule has 0 aliphatic rings. The number of nitro groups is 1. The predicted octanol–water partition coefficient (Wildman–Crippen LogP) is 0.873. The molecule has 0 saturated carbocycles. The van der Waals surface area contributed by atoms with Gasteiger partial charge < -0.3 is 19.9 Å². The first-order valence-corrected chi connectivity index (χ1v) is 5.87. The number of benzene rings is 1. The molecule has 1 aromatic rings. The van der Waals surface area contributed by atoms with Crippen LogP contribution in [0.25, 0.3) is 0 Å². The maximum Gasteiger partial charge on any atom is 0.326 e. The molecule has 0 spiro atoms. The Morgan fingerprint density at radius 3 is 2.70 bits per heavy atom. The van der Waals surface area contributed by atoms with Crippen LogP contribution in [0.3, 0.4) is 0 Å². The van der Waals surface area contributed by atoms with E-state index in [1.165, 1.54) is 25.3 Å². The third kappa shape index (κ3) is 4.09. The van der Waals surface area contributed by atoms with Gasteiger partial charge in [0.25, 0.3) is 5.69 Å². The van der Waals surface area contributed by atoms with Gasteiger partial charge in [-0.2, -0.15) is 0 Å². The van der Waals surface area contributed by atoms with Crippen molar-refractivity contribution in [2.24, 2.45) is 5.73 Å². The average molecular weight is 284 g/mol. The van der Waals surface area contributed by atoms with Crippen LogP contribution >= 0.6 is 0 Å². The van der Waals surface area contributed by atoms with Crippen LogP contribution in [-0.4, -0.2) is 37.3 Å². The second-order valence-corrected chi connectivity index (χ2v) is 3.76. The Morgan fingerprint density at radius 2 is 2.15 bits per heavy atom. The van der Waals surface area contributed by atoms with E-state index in [0.717, 1.165) is 0 Å². The zero-order chi connectivity index (χ0) is 15.1. The van der Waals surface area contributed by atoms with Gasteiger partial charge in [-0.15, -0.1) is 0 Å². The van der Waals surface area contributed by atoms with E-state index in [-0.39, 0.29) is 30.4 Å². The van der Waals surface area contributed by atoms with Crippen molar-refractivity contribution in [3.05, 3.63) is 28.3 Å². The summed E-state index contributed by atoms with van der Waals surface area (Å²) < 4.78 is 15.0. The Balaban J connectivity index is 2.73. The number of non-ortho nitro benzene ring substituents is 1. The van der Waals surface area contributed by atoms with Crippen LogP contribution in [0, 0.1) is 10.1 Å². The molecule has 2 N–H and O–H groups in total. The number of ether oxygens (including phenoxy) is 3. The number of nitrogens with two attached hydrogens (primary N) is 1. The highest BCUT2D eigenvalue weighted by atomic mass is 16.6. The molecule has 8 heteroatoms. The van der Waals surface area contributed by atoms with E-state index in [1.807, 2.05) is 0 Å². The van der Waals surface area contributed by atoms with E-state index in [9.17, 15) is 14.9 Å². The zero-order valence-electron chi connectivity index (χ0n) is 11.2. The monoisotopic (exact) mass is 284 g/mol. The molecule has 1 unspecified atom stereocenters. The Kier molecular flexibility index (Phi) is 5.73.